The number of nitrogens with one attached hydrogen (secondary N) is 2. The van der Waals surface area contributed by atoms with Crippen LogP contribution in [0.3, 0.4) is 0 Å². The molecular weight excluding hydrogens is 484 g/mol. The van der Waals surface area contributed by atoms with Crippen LogP contribution in [-0.2, 0) is 14.1 Å². The van der Waals surface area contributed by atoms with E-state index in [9.17, 15) is 29.9 Å². The fraction of sp³-hybridized carbons (Fsp3) is 0.300. The Balaban J connectivity index is 0.000000945. The second-order valence-electron chi connectivity index (χ2n) is 7.73. The van der Waals surface area contributed by atoms with Crippen molar-refractivity contribution in [3.63, 3.8) is 0 Å². The molecule has 0 atom stereocenters. The normalized spacial score (nSPS) is 10.8. The van der Waals surface area contributed by atoms with Gasteiger partial charge in [0.15, 0.2) is 9.54 Å². The van der Waals surface area contributed by atoms with Gasteiger partial charge in [-0.25, -0.2) is 0 Å². The highest BCUT2D eigenvalue weighted by Crippen LogP contribution is 2.36. The summed E-state index contributed by atoms with van der Waals surface area (Å²) in [6.45, 7) is 0. The first-order chi connectivity index (χ1) is 15.8. The molecule has 0 bridgehead atoms. The van der Waals surface area contributed by atoms with E-state index < -0.39 is 33.7 Å². The van der Waals surface area contributed by atoms with Crippen molar-refractivity contribution in [2.45, 2.75) is 5.92 Å². The third-order valence-electron chi connectivity index (χ3n) is 4.67. The number of non-ortho nitro benzene ring substituents is 1. The molecule has 0 spiro atoms. The molecule has 3 aromatic rings. The Hall–Kier alpha value is -3.62. The number of hydrogen-bond donors (Lipinski definition) is 4. The molecule has 14 heteroatoms. The zero-order chi connectivity index (χ0) is 25.9. The third kappa shape index (κ3) is 5.47. The minimum Gasteiger partial charge on any atom is -0.494 e. The monoisotopic (exact) mass is 508 g/mol. The van der Waals surface area contributed by atoms with Gasteiger partial charge in [-0.1, -0.05) is 12.1 Å². The van der Waals surface area contributed by atoms with Gasteiger partial charge in [0.05, 0.1) is 22.0 Å². The van der Waals surface area contributed by atoms with Gasteiger partial charge in [-0.15, -0.1) is 0 Å². The topological polar surface area (TPSA) is 162 Å². The Morgan fingerprint density at radius 2 is 1.26 bits per heavy atom. The zero-order valence-electron chi connectivity index (χ0n) is 19.0. The molecule has 1 aromatic carbocycles. The summed E-state index contributed by atoms with van der Waals surface area (Å²) in [6.07, 6.45) is 0. The van der Waals surface area contributed by atoms with Gasteiger partial charge in [0.2, 0.25) is 11.8 Å². The number of benzene rings is 1. The molecule has 0 saturated heterocycles. The van der Waals surface area contributed by atoms with Crippen molar-refractivity contribution in [2.75, 3.05) is 21.1 Å². The predicted octanol–water partition coefficient (Wildman–Crippen LogP) is 1.88. The number of nitrogens with zero attached hydrogens (tertiary/aromatic N) is 4. The van der Waals surface area contributed by atoms with E-state index in [0.717, 1.165) is 9.13 Å². The SMILES string of the molecule is CN(C)C.Cn1c(O)c(C(c2ccc([N+](=O)[O-])cc2)c2c(O)n(C)c(=S)[nH]c2=O)c(=O)[nH]c1=S. The number of H-pyrrole nitrogens is 2. The molecule has 182 valence electrons. The van der Waals surface area contributed by atoms with Gasteiger partial charge in [0, 0.05) is 26.2 Å². The maximum atomic E-state index is 12.7. The van der Waals surface area contributed by atoms with E-state index in [0.29, 0.717) is 0 Å². The largest absolute Gasteiger partial charge is 0.494 e. The van der Waals surface area contributed by atoms with E-state index in [1.165, 1.54) is 38.4 Å². The van der Waals surface area contributed by atoms with E-state index in [2.05, 4.69) is 9.97 Å². The number of nitro groups is 1. The van der Waals surface area contributed by atoms with Crippen molar-refractivity contribution < 1.29 is 15.1 Å². The second-order valence-corrected chi connectivity index (χ2v) is 8.51. The summed E-state index contributed by atoms with van der Waals surface area (Å²) in [4.78, 5) is 42.6. The number of aromatic hydroxyl groups is 2. The Labute approximate surface area is 203 Å². The standard InChI is InChI=1S/C17H15N5O6S2.C3H9N/c1-20-14(25)10(12(23)18-16(20)29)9(7-3-5-8(6-4-7)22(27)28)11-13(24)19-17(30)21(2)15(11)26;1-4(2)3/h3-6,9,25-26H,1-2H3,(H,18,23,29)(H,19,24,30);1-3H3. The fourth-order valence-corrected chi connectivity index (χ4v) is 3.40. The molecule has 3 rings (SSSR count). The fourth-order valence-electron chi connectivity index (χ4n) is 3.04. The first-order valence-electron chi connectivity index (χ1n) is 9.67. The van der Waals surface area contributed by atoms with Crippen LogP contribution in [0.5, 0.6) is 11.8 Å². The van der Waals surface area contributed by atoms with Crippen LogP contribution >= 0.6 is 24.4 Å². The lowest BCUT2D eigenvalue weighted by Crippen LogP contribution is -2.27. The molecule has 0 aliphatic carbocycles. The Kier molecular flexibility index (Phi) is 8.26. The first kappa shape index (κ1) is 26.6. The van der Waals surface area contributed by atoms with Crippen LogP contribution in [-0.4, -0.2) is 60.3 Å². The van der Waals surface area contributed by atoms with Gasteiger partial charge in [-0.3, -0.25) is 38.8 Å². The summed E-state index contributed by atoms with van der Waals surface area (Å²) in [5.74, 6) is -2.35. The quantitative estimate of drug-likeness (QED) is 0.234. The molecule has 0 fully saturated rings. The van der Waals surface area contributed by atoms with Crippen LogP contribution in [0.15, 0.2) is 33.9 Å². The second kappa shape index (κ2) is 10.5. The van der Waals surface area contributed by atoms with E-state index in [1.54, 1.807) is 0 Å². The van der Waals surface area contributed by atoms with Crippen molar-refractivity contribution in [2.24, 2.45) is 14.1 Å². The Morgan fingerprint density at radius 1 is 0.912 bits per heavy atom. The molecule has 0 aliphatic rings. The van der Waals surface area contributed by atoms with Crippen molar-refractivity contribution in [1.82, 2.24) is 24.0 Å². The summed E-state index contributed by atoms with van der Waals surface area (Å²) in [5.41, 5.74) is -2.12. The summed E-state index contributed by atoms with van der Waals surface area (Å²) < 4.78 is 2.12. The highest BCUT2D eigenvalue weighted by Gasteiger charge is 2.31. The first-order valence-corrected chi connectivity index (χ1v) is 10.5. The average Bonchev–Trinajstić information content (AvgIpc) is 2.74. The van der Waals surface area contributed by atoms with Gasteiger partial charge in [-0.05, 0) is 51.1 Å². The summed E-state index contributed by atoms with van der Waals surface area (Å²) >= 11 is 9.96. The summed E-state index contributed by atoms with van der Waals surface area (Å²) in [5, 5.41) is 32.3. The molecular formula is C20H24N6O6S2. The minimum atomic E-state index is -1.29. The van der Waals surface area contributed by atoms with Gasteiger partial charge in [-0.2, -0.15) is 0 Å². The molecule has 34 heavy (non-hydrogen) atoms. The van der Waals surface area contributed by atoms with Gasteiger partial charge in [0.1, 0.15) is 0 Å². The zero-order valence-corrected chi connectivity index (χ0v) is 20.7. The molecule has 4 N–H and O–H groups in total. The number of nitro benzene ring substituents is 1. The molecule has 0 aliphatic heterocycles. The smallest absolute Gasteiger partial charge is 0.269 e. The minimum absolute atomic E-state index is 0.0618. The molecule has 2 heterocycles. The lowest BCUT2D eigenvalue weighted by atomic mass is 9.86. The van der Waals surface area contributed by atoms with E-state index in [-0.39, 0.29) is 31.9 Å². The van der Waals surface area contributed by atoms with E-state index in [4.69, 9.17) is 24.4 Å². The van der Waals surface area contributed by atoms with Crippen molar-refractivity contribution in [1.29, 1.82) is 0 Å². The maximum absolute atomic E-state index is 12.7. The van der Waals surface area contributed by atoms with Gasteiger partial charge >= 0.3 is 0 Å². The van der Waals surface area contributed by atoms with Crippen molar-refractivity contribution in [3.8, 4) is 11.8 Å². The highest BCUT2D eigenvalue weighted by atomic mass is 32.1. The number of aromatic nitrogens is 4. The van der Waals surface area contributed by atoms with Gasteiger partial charge in [0.25, 0.3) is 16.8 Å². The van der Waals surface area contributed by atoms with Crippen molar-refractivity contribution >= 4 is 30.1 Å². The molecule has 0 saturated carbocycles. The van der Waals surface area contributed by atoms with Crippen LogP contribution in [0.4, 0.5) is 5.69 Å². The van der Waals surface area contributed by atoms with Crippen LogP contribution in [0.25, 0.3) is 0 Å². The average molecular weight is 509 g/mol. The third-order valence-corrected chi connectivity index (χ3v) is 5.42. The van der Waals surface area contributed by atoms with Crippen molar-refractivity contribution in [3.05, 3.63) is 81.3 Å². The Bertz CT molecular complexity index is 1370. The van der Waals surface area contributed by atoms with E-state index >= 15 is 0 Å². The summed E-state index contributed by atoms with van der Waals surface area (Å²) in [7, 11) is 8.81. The Morgan fingerprint density at radius 3 is 1.59 bits per heavy atom. The number of aromatic amines is 2. The van der Waals surface area contributed by atoms with Gasteiger partial charge < -0.3 is 15.1 Å². The maximum Gasteiger partial charge on any atom is 0.269 e. The van der Waals surface area contributed by atoms with Crippen LogP contribution in [0, 0.1) is 19.7 Å². The molecule has 12 nitrogen and oxygen atoms in total. The number of hydrogen-bond acceptors (Lipinski definition) is 9. The molecule has 2 aromatic heterocycles. The lowest BCUT2D eigenvalue weighted by molar-refractivity contribution is -0.384. The predicted molar refractivity (Wildman–Crippen MR) is 131 cm³/mol. The number of rotatable bonds is 4. The van der Waals surface area contributed by atoms with E-state index in [1.807, 2.05) is 26.0 Å². The lowest BCUT2D eigenvalue weighted by Gasteiger charge is -2.21. The molecule has 0 amide bonds. The van der Waals surface area contributed by atoms with Crippen LogP contribution in [0.1, 0.15) is 22.6 Å². The van der Waals surface area contributed by atoms with Crippen LogP contribution < -0.4 is 11.1 Å². The highest BCUT2D eigenvalue weighted by molar-refractivity contribution is 7.71. The molecule has 0 radical (unpaired) electrons. The van der Waals surface area contributed by atoms with Crippen LogP contribution in [0.2, 0.25) is 0 Å². The summed E-state index contributed by atoms with van der Waals surface area (Å²) in [6, 6.07) is 5.01. The molecule has 0 unspecified atom stereocenters.